The maximum absolute atomic E-state index is 11.9. The highest BCUT2D eigenvalue weighted by molar-refractivity contribution is 7.85. The molecule has 4 heteroatoms. The molecule has 0 aliphatic heterocycles. The fraction of sp³-hybridized carbons (Fsp3) is 0.909. The summed E-state index contributed by atoms with van der Waals surface area (Å²) in [6.45, 7) is 4.08. The Morgan fingerprint density at radius 1 is 1.53 bits per heavy atom. The van der Waals surface area contributed by atoms with Crippen molar-refractivity contribution < 1.29 is 14.1 Å². The highest BCUT2D eigenvalue weighted by Crippen LogP contribution is 2.49. The summed E-state index contributed by atoms with van der Waals surface area (Å²) >= 11 is 0. The summed E-state index contributed by atoms with van der Waals surface area (Å²) in [5, 5.41) is 8.95. The number of carboxylic acids is 1. The smallest absolute Gasteiger partial charge is 0.303 e. The van der Waals surface area contributed by atoms with Crippen molar-refractivity contribution in [1.82, 2.24) is 0 Å². The summed E-state index contributed by atoms with van der Waals surface area (Å²) in [6, 6.07) is 0. The Hall–Kier alpha value is -0.380. The van der Waals surface area contributed by atoms with Crippen LogP contribution in [0.15, 0.2) is 0 Å². The van der Waals surface area contributed by atoms with Gasteiger partial charge in [0.05, 0.1) is 6.42 Å². The molecule has 2 unspecified atom stereocenters. The molecule has 0 amide bonds. The topological polar surface area (TPSA) is 54.4 Å². The largest absolute Gasteiger partial charge is 0.481 e. The highest BCUT2D eigenvalue weighted by atomic mass is 32.2. The normalized spacial score (nSPS) is 22.0. The zero-order chi connectivity index (χ0) is 11.5. The van der Waals surface area contributed by atoms with Gasteiger partial charge in [-0.2, -0.15) is 0 Å². The van der Waals surface area contributed by atoms with Crippen molar-refractivity contribution in [2.75, 3.05) is 5.75 Å². The van der Waals surface area contributed by atoms with Crippen LogP contribution in [0.1, 0.15) is 46.0 Å². The van der Waals surface area contributed by atoms with Crippen LogP contribution in [0.2, 0.25) is 0 Å². The van der Waals surface area contributed by atoms with Crippen molar-refractivity contribution in [3.63, 3.8) is 0 Å². The molecular formula is C11H20O3S. The minimum Gasteiger partial charge on any atom is -0.481 e. The van der Waals surface area contributed by atoms with Gasteiger partial charge in [-0.1, -0.05) is 20.3 Å². The lowest BCUT2D eigenvalue weighted by atomic mass is 10.1. The van der Waals surface area contributed by atoms with Crippen LogP contribution in [0.5, 0.6) is 0 Å². The molecule has 0 spiro atoms. The fourth-order valence-corrected chi connectivity index (χ4v) is 3.63. The van der Waals surface area contributed by atoms with Crippen LogP contribution >= 0.6 is 0 Å². The second-order valence-electron chi connectivity index (χ2n) is 4.69. The van der Waals surface area contributed by atoms with E-state index in [-0.39, 0.29) is 17.1 Å². The van der Waals surface area contributed by atoms with E-state index in [1.165, 1.54) is 0 Å². The Balaban J connectivity index is 2.40. The standard InChI is InChI=1S/C11H20O3S/c1-3-4-9(2)15(14)8-11(5-6-11)7-10(12)13/h9H,3-8H2,1-2H3,(H,12,13). The van der Waals surface area contributed by atoms with E-state index in [0.717, 1.165) is 25.7 Å². The minimum absolute atomic E-state index is 0.126. The van der Waals surface area contributed by atoms with E-state index in [0.29, 0.717) is 5.75 Å². The molecule has 1 rings (SSSR count). The lowest BCUT2D eigenvalue weighted by molar-refractivity contribution is -0.138. The van der Waals surface area contributed by atoms with E-state index in [9.17, 15) is 9.00 Å². The second-order valence-corrected chi connectivity index (χ2v) is 6.55. The predicted octanol–water partition coefficient (Wildman–Crippen LogP) is 2.18. The van der Waals surface area contributed by atoms with Gasteiger partial charge in [-0.05, 0) is 24.7 Å². The zero-order valence-corrected chi connectivity index (χ0v) is 10.3. The van der Waals surface area contributed by atoms with Crippen molar-refractivity contribution in [2.24, 2.45) is 5.41 Å². The summed E-state index contributed by atoms with van der Waals surface area (Å²) in [4.78, 5) is 10.6. The monoisotopic (exact) mass is 232 g/mol. The first-order valence-corrected chi connectivity index (χ1v) is 6.96. The van der Waals surface area contributed by atoms with Gasteiger partial charge in [-0.25, -0.2) is 0 Å². The first kappa shape index (κ1) is 12.7. The van der Waals surface area contributed by atoms with Crippen molar-refractivity contribution in [3.8, 4) is 0 Å². The van der Waals surface area contributed by atoms with Gasteiger partial charge >= 0.3 is 5.97 Å². The molecule has 0 aromatic rings. The third-order valence-corrected chi connectivity index (χ3v) is 5.11. The summed E-state index contributed by atoms with van der Waals surface area (Å²) in [7, 11) is -0.851. The predicted molar refractivity (Wildman–Crippen MR) is 61.3 cm³/mol. The summed E-state index contributed by atoms with van der Waals surface area (Å²) in [5.41, 5.74) is -0.126. The van der Waals surface area contributed by atoms with Crippen LogP contribution in [0.3, 0.4) is 0 Å². The van der Waals surface area contributed by atoms with Crippen LogP contribution in [0.25, 0.3) is 0 Å². The molecule has 1 saturated carbocycles. The molecule has 3 nitrogen and oxygen atoms in total. The maximum Gasteiger partial charge on any atom is 0.303 e. The van der Waals surface area contributed by atoms with Crippen molar-refractivity contribution in [2.45, 2.75) is 51.2 Å². The van der Waals surface area contributed by atoms with Gasteiger partial charge in [0, 0.05) is 21.8 Å². The van der Waals surface area contributed by atoms with Crippen molar-refractivity contribution in [1.29, 1.82) is 0 Å². The Kier molecular flexibility index (Phi) is 4.32. The average molecular weight is 232 g/mol. The number of carbonyl (C=O) groups is 1. The molecule has 0 radical (unpaired) electrons. The van der Waals surface area contributed by atoms with E-state index >= 15 is 0 Å². The maximum atomic E-state index is 11.9. The van der Waals surface area contributed by atoms with Crippen LogP contribution in [-0.2, 0) is 15.6 Å². The third kappa shape index (κ3) is 3.93. The Bertz CT molecular complexity index is 259. The molecule has 1 aliphatic rings. The Labute approximate surface area is 93.7 Å². The van der Waals surface area contributed by atoms with Crippen molar-refractivity contribution >= 4 is 16.8 Å². The first-order valence-electron chi connectivity index (χ1n) is 5.58. The van der Waals surface area contributed by atoms with Crippen LogP contribution in [0.4, 0.5) is 0 Å². The molecule has 0 aromatic heterocycles. The first-order chi connectivity index (χ1) is 6.99. The number of rotatable bonds is 7. The zero-order valence-electron chi connectivity index (χ0n) is 9.49. The molecule has 1 N–H and O–H groups in total. The highest BCUT2D eigenvalue weighted by Gasteiger charge is 2.46. The second kappa shape index (κ2) is 5.10. The van der Waals surface area contributed by atoms with Gasteiger partial charge in [0.25, 0.3) is 0 Å². The van der Waals surface area contributed by atoms with Gasteiger partial charge in [-0.3, -0.25) is 9.00 Å². The van der Waals surface area contributed by atoms with Gasteiger partial charge in [0.1, 0.15) is 0 Å². The van der Waals surface area contributed by atoms with E-state index < -0.39 is 16.8 Å². The van der Waals surface area contributed by atoms with E-state index in [1.54, 1.807) is 0 Å². The molecule has 0 bridgehead atoms. The van der Waals surface area contributed by atoms with E-state index in [2.05, 4.69) is 6.92 Å². The molecule has 0 saturated heterocycles. The van der Waals surface area contributed by atoms with Gasteiger partial charge < -0.3 is 5.11 Å². The summed E-state index contributed by atoms with van der Waals surface area (Å²) in [6.07, 6.45) is 4.07. The number of aliphatic carboxylic acids is 1. The SMILES string of the molecule is CCCC(C)S(=O)CC1(CC(=O)O)CC1. The molecular weight excluding hydrogens is 212 g/mol. The fourth-order valence-electron chi connectivity index (χ4n) is 1.85. The number of hydrogen-bond donors (Lipinski definition) is 1. The lowest BCUT2D eigenvalue weighted by Gasteiger charge is -2.15. The van der Waals surface area contributed by atoms with E-state index in [1.807, 2.05) is 6.92 Å². The molecule has 0 aromatic carbocycles. The Morgan fingerprint density at radius 2 is 2.13 bits per heavy atom. The van der Waals surface area contributed by atoms with Crippen LogP contribution < -0.4 is 0 Å². The van der Waals surface area contributed by atoms with Gasteiger partial charge in [0.2, 0.25) is 0 Å². The quantitative estimate of drug-likeness (QED) is 0.732. The summed E-state index contributed by atoms with van der Waals surface area (Å²) < 4.78 is 11.9. The number of carboxylic acid groups (broad SMARTS) is 1. The van der Waals surface area contributed by atoms with Gasteiger partial charge in [0.15, 0.2) is 0 Å². The Morgan fingerprint density at radius 3 is 2.53 bits per heavy atom. The van der Waals surface area contributed by atoms with Crippen LogP contribution in [-0.4, -0.2) is 26.3 Å². The number of hydrogen-bond acceptors (Lipinski definition) is 2. The van der Waals surface area contributed by atoms with Crippen molar-refractivity contribution in [3.05, 3.63) is 0 Å². The average Bonchev–Trinajstić information content (AvgIpc) is 2.83. The molecule has 0 heterocycles. The third-order valence-electron chi connectivity index (χ3n) is 3.08. The molecule has 1 fully saturated rings. The molecule has 15 heavy (non-hydrogen) atoms. The minimum atomic E-state index is -0.851. The van der Waals surface area contributed by atoms with Crippen LogP contribution in [0, 0.1) is 5.41 Å². The molecule has 1 aliphatic carbocycles. The summed E-state index contributed by atoms with van der Waals surface area (Å²) in [5.74, 6) is -0.173. The van der Waals surface area contributed by atoms with E-state index in [4.69, 9.17) is 5.11 Å². The lowest BCUT2D eigenvalue weighted by Crippen LogP contribution is -2.22. The molecule has 2 atom stereocenters. The van der Waals surface area contributed by atoms with Gasteiger partial charge in [-0.15, -0.1) is 0 Å². The molecule has 88 valence electrons.